The predicted molar refractivity (Wildman–Crippen MR) is 393 cm³/mol. The van der Waals surface area contributed by atoms with Crippen molar-refractivity contribution in [3.63, 3.8) is 0 Å². The molecule has 12 unspecified atom stereocenters. The van der Waals surface area contributed by atoms with Crippen molar-refractivity contribution < 1.29 is 59.4 Å². The first-order chi connectivity index (χ1) is 53.1. The molecule has 6 aliphatic heterocycles. The minimum absolute atomic E-state index is 0.00898. The first kappa shape index (κ1) is 78.0. The monoisotopic (exact) mass is 1530 g/mol. The number of amides is 3. The Morgan fingerprint density at radius 3 is 1.14 bits per heavy atom. The van der Waals surface area contributed by atoms with Gasteiger partial charge < -0.3 is 30.4 Å². The highest BCUT2D eigenvalue weighted by Gasteiger charge is 2.48. The first-order valence-electron chi connectivity index (χ1n) is 37.5. The molecule has 576 valence electrons. The zero-order chi connectivity index (χ0) is 77.3. The quantitative estimate of drug-likeness (QED) is 0.0696. The van der Waals surface area contributed by atoms with Crippen LogP contribution in [0, 0.1) is 131 Å². The highest BCUT2D eigenvalue weighted by Crippen LogP contribution is 2.50. The summed E-state index contributed by atoms with van der Waals surface area (Å²) in [5, 5.41) is 33.1. The number of carboxylic acids is 1. The number of carbonyl (C=O) groups is 4. The lowest BCUT2D eigenvalue weighted by molar-refractivity contribution is -0.142. The number of nitrogens with zero attached hydrogens (tertiary/aromatic N) is 14. The molecule has 0 radical (unpaired) electrons. The third-order valence-electron chi connectivity index (χ3n) is 23.5. The van der Waals surface area contributed by atoms with Crippen molar-refractivity contribution in [2.45, 2.75) is 140 Å². The van der Waals surface area contributed by atoms with Crippen LogP contribution in [0.1, 0.15) is 162 Å². The molecule has 12 atom stereocenters. The summed E-state index contributed by atoms with van der Waals surface area (Å²) >= 11 is 5.43. The molecule has 18 rings (SSSR count). The Bertz CT molecular complexity index is 4330. The van der Waals surface area contributed by atoms with Crippen molar-refractivity contribution in [3.8, 4) is 0 Å². The molecule has 21 nitrogen and oxygen atoms in total. The van der Waals surface area contributed by atoms with Crippen LogP contribution in [0.5, 0.6) is 0 Å². The standard InChI is InChI=1S/C22H20F2N6O.C18H20F2N2O.C17H19F2N3O.C9H8F2N2.C9H14O2.C5H2ClN3/c1-25-20-9-21(27-12-26-20)29-10-15-4-14(5-16(15)11-29)22(31)30-19(2-3-28-30)13-6-17(23)8-18(24)7-13;19-15-8-13(9-16(20)10-15)17-4-5-21-22(17)18(23)14-6-11-2-1-3-12(11)7-14;18-14-5-10(6-15(19)7-14)16-1-2-21-22(16)17(23)11-3-12-8-20-9-13(12)4-11;10-7-3-6(4-8(11)5-7)9-1-2-12-13-9;10-9(11)8-4-6-2-1-3-7(6)5-8;1-7-5-2-4(6)8-3-9-5/h3,6-9,12,14-16,19H,2,4-5,10-11H2;5,8-12,14,17H,1-4,6-7H2;2,5-7,11-13,16,20H,1,3-4,8-9H2;2-5,9,13H,1H2;6-8H,1-5H2,(H,10,11);2-3H. The van der Waals surface area contributed by atoms with Crippen LogP contribution in [0.4, 0.5) is 52.6 Å². The van der Waals surface area contributed by atoms with Gasteiger partial charge in [-0.25, -0.2) is 55.1 Å². The molecule has 2 aromatic heterocycles. The van der Waals surface area contributed by atoms with E-state index in [0.29, 0.717) is 94.4 Å². The number of anilines is 1. The molecule has 0 spiro atoms. The lowest BCUT2D eigenvalue weighted by Crippen LogP contribution is -2.33. The summed E-state index contributed by atoms with van der Waals surface area (Å²) in [5.74, 6) is 0.361. The molecule has 12 aliphatic rings. The van der Waals surface area contributed by atoms with Crippen molar-refractivity contribution in [2.24, 2.45) is 91.4 Å². The van der Waals surface area contributed by atoms with Crippen LogP contribution in [0.3, 0.4) is 0 Å². The van der Waals surface area contributed by atoms with Crippen molar-refractivity contribution in [2.75, 3.05) is 31.1 Å². The first-order valence-corrected chi connectivity index (χ1v) is 37.9. The second-order valence-corrected chi connectivity index (χ2v) is 30.8. The van der Waals surface area contributed by atoms with Gasteiger partial charge in [-0.1, -0.05) is 63.3 Å². The van der Waals surface area contributed by atoms with E-state index in [9.17, 15) is 54.3 Å². The summed E-state index contributed by atoms with van der Waals surface area (Å²) in [4.78, 5) is 73.5. The van der Waals surface area contributed by atoms with Crippen LogP contribution in [0.15, 0.2) is 118 Å². The van der Waals surface area contributed by atoms with E-state index in [2.05, 4.69) is 65.7 Å². The number of carboxylic acid groups (broad SMARTS) is 1. The van der Waals surface area contributed by atoms with Gasteiger partial charge in [0.25, 0.3) is 11.6 Å². The molecule has 6 aromatic rings. The number of hydrazone groups is 4. The lowest BCUT2D eigenvalue weighted by Gasteiger charge is -2.26. The van der Waals surface area contributed by atoms with Crippen LogP contribution in [0.2, 0.25) is 5.15 Å². The Kier molecular flexibility index (Phi) is 25.0. The van der Waals surface area contributed by atoms with Gasteiger partial charge in [0.15, 0.2) is 0 Å². The SMILES string of the molecule is Fc1cc(F)cc(C2CC=NN2)c1.O=C(C1CC2CCCC2C1)N1N=CCC1c1cc(F)cc(F)c1.O=C(C1CC2CNCC2C1)N1N=CCC1c1cc(F)cc(F)c1.O=C(O)C1CC2CCCC2C1.[C-]#[N+]c1cc(Cl)ncn1.[C-]#[N+]c1cc(N2CC3CC(C(=O)N4N=CCC4c4cc(F)cc(F)c4)CC3C2)ncn1. The average molecular weight is 1540 g/mol. The minimum Gasteiger partial charge on any atom is -0.481 e. The number of benzene rings is 4. The lowest BCUT2D eigenvalue weighted by atomic mass is 9.99. The van der Waals surface area contributed by atoms with Crippen LogP contribution >= 0.6 is 11.6 Å². The maximum Gasteiger partial charge on any atom is 0.306 e. The Hall–Kier alpha value is -10.1. The van der Waals surface area contributed by atoms with Crippen molar-refractivity contribution >= 4 is 77.6 Å². The topological polar surface area (TPSA) is 235 Å². The van der Waals surface area contributed by atoms with E-state index in [1.54, 1.807) is 30.9 Å². The largest absolute Gasteiger partial charge is 0.481 e. The highest BCUT2D eigenvalue weighted by molar-refractivity contribution is 6.29. The van der Waals surface area contributed by atoms with E-state index in [1.165, 1.54) is 121 Å². The van der Waals surface area contributed by atoms with E-state index in [1.807, 2.05) is 0 Å². The number of carbonyl (C=O) groups excluding carboxylic acids is 3. The van der Waals surface area contributed by atoms with Crippen molar-refractivity contribution in [1.82, 2.24) is 45.7 Å². The molecular weight excluding hydrogens is 1450 g/mol. The fraction of sp³-hybridized carbons (Fsp3) is 0.475. The second kappa shape index (κ2) is 35.3. The number of rotatable bonds is 9. The molecule has 110 heavy (non-hydrogen) atoms. The van der Waals surface area contributed by atoms with Gasteiger partial charge in [0.1, 0.15) is 57.5 Å². The van der Waals surface area contributed by atoms with Crippen LogP contribution < -0.4 is 15.6 Å². The fourth-order valence-electron chi connectivity index (χ4n) is 18.5. The second-order valence-electron chi connectivity index (χ2n) is 30.4. The van der Waals surface area contributed by atoms with E-state index in [4.69, 9.17) is 29.9 Å². The molecule has 0 bridgehead atoms. The molecular formula is C80H83ClF8N16O5. The Morgan fingerprint density at radius 1 is 0.427 bits per heavy atom. The molecule has 6 saturated carbocycles. The van der Waals surface area contributed by atoms with Gasteiger partial charge in [0.2, 0.25) is 30.4 Å². The van der Waals surface area contributed by atoms with E-state index >= 15 is 0 Å². The number of nitrogens with one attached hydrogen (secondary N) is 2. The molecule has 30 heteroatoms. The van der Waals surface area contributed by atoms with Crippen LogP contribution in [-0.2, 0) is 19.2 Å². The van der Waals surface area contributed by atoms with E-state index < -0.39 is 64.6 Å². The molecule has 3 N–H and O–H groups in total. The van der Waals surface area contributed by atoms with Gasteiger partial charge in [0.05, 0.1) is 30.1 Å². The molecule has 8 heterocycles. The zero-order valence-electron chi connectivity index (χ0n) is 60.1. The molecule has 8 fully saturated rings. The van der Waals surface area contributed by atoms with Crippen LogP contribution in [0.25, 0.3) is 9.69 Å². The third-order valence-corrected chi connectivity index (χ3v) is 23.7. The molecule has 2 saturated heterocycles. The van der Waals surface area contributed by atoms with Crippen molar-refractivity contribution in [3.05, 3.63) is 194 Å². The number of hydrogen-bond donors (Lipinski definition) is 3. The summed E-state index contributed by atoms with van der Waals surface area (Å²) in [6, 6.07) is 15.5. The predicted octanol–water partition coefficient (Wildman–Crippen LogP) is 15.8. The highest BCUT2D eigenvalue weighted by atomic mass is 35.5. The summed E-state index contributed by atoms with van der Waals surface area (Å²) < 4.78 is 107. The maximum absolute atomic E-state index is 13.7. The van der Waals surface area contributed by atoms with Gasteiger partial charge in [-0.2, -0.15) is 25.4 Å². The fourth-order valence-corrected chi connectivity index (χ4v) is 18.6. The average Bonchev–Trinajstić information content (AvgIpc) is 1.62. The number of aliphatic carboxylic acids is 1. The number of aromatic nitrogens is 4. The Balaban J connectivity index is 0.000000122. The van der Waals surface area contributed by atoms with E-state index in [0.717, 1.165) is 119 Å². The van der Waals surface area contributed by atoms with Gasteiger partial charge in [0, 0.05) is 118 Å². The normalized spacial score (nSPS) is 28.5. The Morgan fingerprint density at radius 2 is 0.782 bits per heavy atom. The number of fused-ring (bicyclic) bond motifs is 4. The van der Waals surface area contributed by atoms with Gasteiger partial charge in [-0.3, -0.25) is 19.2 Å². The van der Waals surface area contributed by atoms with Crippen molar-refractivity contribution in [1.29, 1.82) is 0 Å². The smallest absolute Gasteiger partial charge is 0.306 e. The molecule has 6 aliphatic carbocycles. The molecule has 3 amide bonds. The zero-order valence-corrected chi connectivity index (χ0v) is 60.8. The molecule has 4 aromatic carbocycles. The third kappa shape index (κ3) is 18.8. The summed E-state index contributed by atoms with van der Waals surface area (Å²) in [7, 11) is 0. The van der Waals surface area contributed by atoms with Crippen LogP contribution in [-0.4, -0.2) is 115 Å². The summed E-state index contributed by atoms with van der Waals surface area (Å²) in [5.41, 5.74) is 4.72. The minimum atomic E-state index is -0.657. The van der Waals surface area contributed by atoms with Gasteiger partial charge in [-0.05, 0) is 183 Å². The Labute approximate surface area is 636 Å². The number of hydrogen-bond acceptors (Lipinski definition) is 15. The van der Waals surface area contributed by atoms with Gasteiger partial charge >= 0.3 is 5.97 Å². The number of halogens is 9. The summed E-state index contributed by atoms with van der Waals surface area (Å²) in [6.07, 6.45) is 26.1. The summed E-state index contributed by atoms with van der Waals surface area (Å²) in [6.45, 7) is 17.2. The van der Waals surface area contributed by atoms with E-state index in [-0.39, 0.29) is 59.3 Å². The maximum atomic E-state index is 13.7. The van der Waals surface area contributed by atoms with Gasteiger partial charge in [-0.15, -0.1) is 9.97 Å².